The smallest absolute Gasteiger partial charge is 0.295 e. The molecule has 0 unspecified atom stereocenters. The monoisotopic (exact) mass is 650 g/mol. The molecule has 0 bridgehead atoms. The number of benzene rings is 1. The number of nitrogens with two attached hydrogens (primary N) is 2. The van der Waals surface area contributed by atoms with Gasteiger partial charge in [-0.2, -0.15) is 5.10 Å². The topological polar surface area (TPSA) is 217 Å². The van der Waals surface area contributed by atoms with Crippen molar-refractivity contribution in [3.05, 3.63) is 90.1 Å². The van der Waals surface area contributed by atoms with Crippen molar-refractivity contribution in [2.45, 2.75) is 6.42 Å². The van der Waals surface area contributed by atoms with E-state index < -0.39 is 11.7 Å². The summed E-state index contributed by atoms with van der Waals surface area (Å²) in [6.45, 7) is 1.64. The van der Waals surface area contributed by atoms with Crippen LogP contribution in [0.3, 0.4) is 0 Å². The molecule has 2 amide bonds. The summed E-state index contributed by atoms with van der Waals surface area (Å²) in [6, 6.07) is 14.6. The summed E-state index contributed by atoms with van der Waals surface area (Å²) < 4.78 is 5.52. The summed E-state index contributed by atoms with van der Waals surface area (Å²) in [5, 5.41) is 15.5. The number of aromatic nitrogens is 5. The number of rotatable bonds is 9. The van der Waals surface area contributed by atoms with Crippen LogP contribution in [-0.4, -0.2) is 98.3 Å². The highest BCUT2D eigenvalue weighted by Gasteiger charge is 2.32. The second-order valence-corrected chi connectivity index (χ2v) is 10.9. The van der Waals surface area contributed by atoms with Gasteiger partial charge in [-0.15, -0.1) is 5.10 Å². The van der Waals surface area contributed by atoms with Gasteiger partial charge >= 0.3 is 0 Å². The SMILES string of the molecule is COc1cnc(-c2cc(C(=O)NCCc3ccncc3)[nH]n2)c2[nH]cc(C(=O)C(=O)N3CCN(/C(=N/N)N(N)c4ccccc4)CC3)c12. The summed E-state index contributed by atoms with van der Waals surface area (Å²) in [7, 11) is 1.45. The Kier molecular flexibility index (Phi) is 9.24. The lowest BCUT2D eigenvalue weighted by molar-refractivity contribution is -0.127. The first-order chi connectivity index (χ1) is 23.4. The zero-order valence-electron chi connectivity index (χ0n) is 26.1. The maximum atomic E-state index is 13.6. The first kappa shape index (κ1) is 31.7. The number of hydrazone groups is 1. The number of pyridine rings is 2. The van der Waals surface area contributed by atoms with Gasteiger partial charge in [0.2, 0.25) is 5.96 Å². The summed E-state index contributed by atoms with van der Waals surface area (Å²) in [6.07, 6.45) is 6.96. The Morgan fingerprint density at radius 3 is 2.50 bits per heavy atom. The molecule has 6 rings (SSSR count). The molecule has 4 aromatic heterocycles. The van der Waals surface area contributed by atoms with Crippen LogP contribution in [0.25, 0.3) is 22.3 Å². The van der Waals surface area contributed by atoms with Gasteiger partial charge in [0.25, 0.3) is 17.6 Å². The van der Waals surface area contributed by atoms with Gasteiger partial charge in [0.05, 0.1) is 35.5 Å². The zero-order chi connectivity index (χ0) is 33.6. The number of carbonyl (C=O) groups is 3. The number of hydrogen-bond acceptors (Lipinski definition) is 10. The number of nitrogens with one attached hydrogen (secondary N) is 3. The molecular formula is C32H34N12O4. The van der Waals surface area contributed by atoms with E-state index in [1.807, 2.05) is 47.4 Å². The van der Waals surface area contributed by atoms with E-state index in [0.29, 0.717) is 65.7 Å². The fourth-order valence-corrected chi connectivity index (χ4v) is 5.54. The molecule has 246 valence electrons. The number of fused-ring (bicyclic) bond motifs is 1. The summed E-state index contributed by atoms with van der Waals surface area (Å²) in [5.74, 6) is 10.9. The lowest BCUT2D eigenvalue weighted by atomic mass is 10.1. The second kappa shape index (κ2) is 14.0. The summed E-state index contributed by atoms with van der Waals surface area (Å²) in [5.41, 5.74) is 3.29. The lowest BCUT2D eigenvalue weighted by Gasteiger charge is -2.38. The van der Waals surface area contributed by atoms with E-state index in [1.165, 1.54) is 29.4 Å². The quantitative estimate of drug-likeness (QED) is 0.0382. The minimum Gasteiger partial charge on any atom is -0.494 e. The standard InChI is InChI=1S/C32H34N12O4/c1-48-25-19-38-27(23-17-24(41-40-23)30(46)36-12-9-20-7-10-35-11-8-20)28-26(25)22(18-37-28)29(45)31(47)42-13-15-43(16-14-42)32(39-33)44(34)21-5-3-2-4-6-21/h2-8,10-11,17-19,37H,9,12-16,33-34H2,1H3,(H,36,46)(H,40,41)/b39-32-. The predicted molar refractivity (Wildman–Crippen MR) is 178 cm³/mol. The van der Waals surface area contributed by atoms with E-state index in [0.717, 1.165) is 5.56 Å². The van der Waals surface area contributed by atoms with Crippen LogP contribution in [0.5, 0.6) is 5.75 Å². The number of hydrogen-bond donors (Lipinski definition) is 5. The highest BCUT2D eigenvalue weighted by Crippen LogP contribution is 2.34. The van der Waals surface area contributed by atoms with Crippen LogP contribution < -0.4 is 26.7 Å². The van der Waals surface area contributed by atoms with Crippen molar-refractivity contribution in [2.24, 2.45) is 16.8 Å². The molecule has 1 aliphatic rings. The second-order valence-electron chi connectivity index (χ2n) is 10.9. The van der Waals surface area contributed by atoms with Gasteiger partial charge in [-0.1, -0.05) is 18.2 Å². The van der Waals surface area contributed by atoms with Crippen molar-refractivity contribution >= 4 is 40.1 Å². The summed E-state index contributed by atoms with van der Waals surface area (Å²) in [4.78, 5) is 54.8. The fraction of sp³-hybridized carbons (Fsp3) is 0.219. The largest absolute Gasteiger partial charge is 0.494 e. The number of nitrogens with zero attached hydrogens (tertiary/aromatic N) is 7. The summed E-state index contributed by atoms with van der Waals surface area (Å²) >= 11 is 0. The number of aromatic amines is 2. The molecular weight excluding hydrogens is 616 g/mol. The van der Waals surface area contributed by atoms with Gasteiger partial charge in [-0.3, -0.25) is 24.5 Å². The van der Waals surface area contributed by atoms with Crippen molar-refractivity contribution in [1.29, 1.82) is 0 Å². The molecule has 5 heterocycles. The van der Waals surface area contributed by atoms with Crippen LogP contribution >= 0.6 is 0 Å². The van der Waals surface area contributed by atoms with E-state index in [1.54, 1.807) is 18.5 Å². The van der Waals surface area contributed by atoms with E-state index in [9.17, 15) is 14.4 Å². The average Bonchev–Trinajstić information content (AvgIpc) is 3.81. The molecule has 7 N–H and O–H groups in total. The molecule has 1 saturated heterocycles. The Balaban J connectivity index is 1.15. The molecule has 16 heteroatoms. The number of amides is 2. The molecule has 0 saturated carbocycles. The van der Waals surface area contributed by atoms with E-state index in [4.69, 9.17) is 16.4 Å². The third kappa shape index (κ3) is 6.36. The van der Waals surface area contributed by atoms with E-state index >= 15 is 0 Å². The molecule has 0 aliphatic carbocycles. The van der Waals surface area contributed by atoms with Crippen LogP contribution in [0, 0.1) is 0 Å². The zero-order valence-corrected chi connectivity index (χ0v) is 26.1. The predicted octanol–water partition coefficient (Wildman–Crippen LogP) is 1.27. The third-order valence-corrected chi connectivity index (χ3v) is 8.06. The van der Waals surface area contributed by atoms with Crippen LogP contribution in [0.15, 0.2) is 78.4 Å². The normalized spacial score (nSPS) is 13.4. The van der Waals surface area contributed by atoms with Crippen molar-refractivity contribution < 1.29 is 19.1 Å². The Hall–Kier alpha value is -6.29. The molecule has 16 nitrogen and oxygen atoms in total. The number of methoxy groups -OCH3 is 1. The molecule has 5 aromatic rings. The first-order valence-corrected chi connectivity index (χ1v) is 15.1. The number of H-pyrrole nitrogens is 2. The highest BCUT2D eigenvalue weighted by atomic mass is 16.5. The lowest BCUT2D eigenvalue weighted by Crippen LogP contribution is -2.57. The highest BCUT2D eigenvalue weighted by molar-refractivity contribution is 6.45. The van der Waals surface area contributed by atoms with E-state index in [-0.39, 0.29) is 30.3 Å². The van der Waals surface area contributed by atoms with Crippen LogP contribution in [0.1, 0.15) is 26.4 Å². The van der Waals surface area contributed by atoms with Gasteiger partial charge in [-0.25, -0.2) is 15.8 Å². The number of anilines is 1. The first-order valence-electron chi connectivity index (χ1n) is 15.1. The van der Waals surface area contributed by atoms with Crippen molar-refractivity contribution in [1.82, 2.24) is 40.3 Å². The third-order valence-electron chi connectivity index (χ3n) is 8.06. The number of carbonyl (C=O) groups excluding carboxylic acids is 3. The average molecular weight is 651 g/mol. The fourth-order valence-electron chi connectivity index (χ4n) is 5.54. The number of para-hydroxylation sites is 1. The number of guanidine groups is 1. The van der Waals surface area contributed by atoms with Gasteiger partial charge < -0.3 is 30.7 Å². The molecule has 0 radical (unpaired) electrons. The number of piperazine rings is 1. The van der Waals surface area contributed by atoms with Crippen molar-refractivity contribution in [3.63, 3.8) is 0 Å². The van der Waals surface area contributed by atoms with Crippen molar-refractivity contribution in [2.75, 3.05) is 44.8 Å². The maximum absolute atomic E-state index is 13.6. The maximum Gasteiger partial charge on any atom is 0.295 e. The Morgan fingerprint density at radius 2 is 1.79 bits per heavy atom. The number of Topliss-reactive ketones (excluding diaryl/α,β-unsaturated/α-hetero) is 1. The minimum absolute atomic E-state index is 0.129. The molecule has 1 aromatic carbocycles. The van der Waals surface area contributed by atoms with Crippen molar-refractivity contribution in [3.8, 4) is 17.1 Å². The number of hydrazine groups is 1. The van der Waals surface area contributed by atoms with Gasteiger partial charge in [0.15, 0.2) is 0 Å². The Morgan fingerprint density at radius 1 is 1.06 bits per heavy atom. The van der Waals surface area contributed by atoms with Gasteiger partial charge in [0, 0.05) is 51.3 Å². The van der Waals surface area contributed by atoms with E-state index in [2.05, 4.69) is 35.6 Å². The Bertz CT molecular complexity index is 1950. The molecule has 1 fully saturated rings. The number of ether oxygens (including phenoxy) is 1. The minimum atomic E-state index is -0.709. The Labute approximate surface area is 274 Å². The molecule has 48 heavy (non-hydrogen) atoms. The van der Waals surface area contributed by atoms with Gasteiger partial charge in [-0.05, 0) is 42.3 Å². The molecule has 1 aliphatic heterocycles. The van der Waals surface area contributed by atoms with Crippen LogP contribution in [0.2, 0.25) is 0 Å². The van der Waals surface area contributed by atoms with Crippen LogP contribution in [-0.2, 0) is 11.2 Å². The molecule has 0 spiro atoms. The van der Waals surface area contributed by atoms with Crippen LogP contribution in [0.4, 0.5) is 5.69 Å². The molecule has 0 atom stereocenters. The van der Waals surface area contributed by atoms with Gasteiger partial charge in [0.1, 0.15) is 22.8 Å². The number of ketones is 1.